The highest BCUT2D eigenvalue weighted by Gasteiger charge is 2.34. The minimum atomic E-state index is -4.90. The summed E-state index contributed by atoms with van der Waals surface area (Å²) in [4.78, 5) is -0.681. The molecule has 0 saturated carbocycles. The molecule has 3 nitrogen and oxygen atoms in total. The van der Waals surface area contributed by atoms with E-state index >= 15 is 0 Å². The standard InChI is InChI=1S/C15H10F7NO2S/c16-13-6-9(4-5-12(13)15(20,21)22)8-23-26(24,25)11-3-1-2-10(7-11)14(17,18)19/h1-7,23H,8H2. The Morgan fingerprint density at radius 2 is 1.54 bits per heavy atom. The van der Waals surface area contributed by atoms with Gasteiger partial charge < -0.3 is 0 Å². The topological polar surface area (TPSA) is 46.2 Å². The average Bonchev–Trinajstić information content (AvgIpc) is 2.51. The lowest BCUT2D eigenvalue weighted by Crippen LogP contribution is -2.24. The number of benzene rings is 2. The van der Waals surface area contributed by atoms with E-state index in [4.69, 9.17) is 0 Å². The third kappa shape index (κ3) is 4.73. The monoisotopic (exact) mass is 401 g/mol. The molecule has 0 spiro atoms. The molecule has 0 aliphatic carbocycles. The Balaban J connectivity index is 2.20. The van der Waals surface area contributed by atoms with Gasteiger partial charge in [0, 0.05) is 6.54 Å². The van der Waals surface area contributed by atoms with Gasteiger partial charge in [-0.05, 0) is 35.9 Å². The molecule has 0 fully saturated rings. The van der Waals surface area contributed by atoms with Crippen LogP contribution >= 0.6 is 0 Å². The highest BCUT2D eigenvalue weighted by molar-refractivity contribution is 7.89. The summed E-state index contributed by atoms with van der Waals surface area (Å²) in [5, 5.41) is 0. The number of sulfonamides is 1. The first-order valence-corrected chi connectivity index (χ1v) is 8.31. The van der Waals surface area contributed by atoms with Crippen LogP contribution in [0.3, 0.4) is 0 Å². The van der Waals surface area contributed by atoms with Crippen LogP contribution in [0.2, 0.25) is 0 Å². The SMILES string of the molecule is O=S(=O)(NCc1ccc(C(F)(F)F)c(F)c1)c1cccc(C(F)(F)F)c1. The molecular weight excluding hydrogens is 391 g/mol. The lowest BCUT2D eigenvalue weighted by molar-refractivity contribution is -0.140. The van der Waals surface area contributed by atoms with Gasteiger partial charge in [0.15, 0.2) is 0 Å². The van der Waals surface area contributed by atoms with Crippen molar-refractivity contribution in [3.8, 4) is 0 Å². The Bertz CT molecular complexity index is 905. The molecule has 2 aromatic carbocycles. The molecule has 0 aromatic heterocycles. The molecule has 0 heterocycles. The van der Waals surface area contributed by atoms with Gasteiger partial charge in [-0.15, -0.1) is 0 Å². The minimum Gasteiger partial charge on any atom is -0.207 e. The van der Waals surface area contributed by atoms with Gasteiger partial charge >= 0.3 is 12.4 Å². The summed E-state index contributed by atoms with van der Waals surface area (Å²) in [6.45, 7) is -0.604. The minimum absolute atomic E-state index is 0.133. The van der Waals surface area contributed by atoms with E-state index in [0.717, 1.165) is 18.2 Å². The van der Waals surface area contributed by atoms with E-state index in [1.807, 2.05) is 4.72 Å². The van der Waals surface area contributed by atoms with Crippen LogP contribution in [0.5, 0.6) is 0 Å². The van der Waals surface area contributed by atoms with Crippen LogP contribution in [0.15, 0.2) is 47.4 Å². The summed E-state index contributed by atoms with van der Waals surface area (Å²) in [6.07, 6.45) is -9.65. The smallest absolute Gasteiger partial charge is 0.207 e. The van der Waals surface area contributed by atoms with Gasteiger partial charge in [0.05, 0.1) is 16.0 Å². The maximum absolute atomic E-state index is 13.5. The fourth-order valence-electron chi connectivity index (χ4n) is 2.00. The van der Waals surface area contributed by atoms with Gasteiger partial charge in [0.25, 0.3) is 0 Å². The lowest BCUT2D eigenvalue weighted by atomic mass is 10.1. The molecule has 142 valence electrons. The van der Waals surface area contributed by atoms with E-state index in [0.29, 0.717) is 24.3 Å². The van der Waals surface area contributed by atoms with Crippen molar-refractivity contribution in [3.63, 3.8) is 0 Å². The summed E-state index contributed by atoms with van der Waals surface area (Å²) < 4.78 is 115. The molecule has 26 heavy (non-hydrogen) atoms. The van der Waals surface area contributed by atoms with E-state index in [2.05, 4.69) is 0 Å². The normalized spacial score (nSPS) is 13.0. The molecule has 0 radical (unpaired) electrons. The first-order chi connectivity index (χ1) is 11.8. The van der Waals surface area contributed by atoms with Gasteiger partial charge in [-0.2, -0.15) is 26.3 Å². The summed E-state index contributed by atoms with van der Waals surface area (Å²) >= 11 is 0. The Morgan fingerprint density at radius 1 is 0.885 bits per heavy atom. The molecule has 2 rings (SSSR count). The first kappa shape index (κ1) is 20.2. The van der Waals surface area contributed by atoms with E-state index in [1.54, 1.807) is 0 Å². The van der Waals surface area contributed by atoms with Crippen LogP contribution < -0.4 is 4.72 Å². The van der Waals surface area contributed by atoms with E-state index in [1.165, 1.54) is 0 Å². The van der Waals surface area contributed by atoms with E-state index in [9.17, 15) is 39.2 Å². The summed E-state index contributed by atoms with van der Waals surface area (Å²) in [5.74, 6) is -1.59. The zero-order valence-corrected chi connectivity index (χ0v) is 13.4. The second-order valence-corrected chi connectivity index (χ2v) is 6.93. The van der Waals surface area contributed by atoms with Crippen LogP contribution in [0.4, 0.5) is 30.7 Å². The molecule has 0 unspecified atom stereocenters. The molecule has 0 amide bonds. The Morgan fingerprint density at radius 3 is 2.08 bits per heavy atom. The average molecular weight is 401 g/mol. The highest BCUT2D eigenvalue weighted by atomic mass is 32.2. The van der Waals surface area contributed by atoms with Gasteiger partial charge in [0.1, 0.15) is 5.82 Å². The third-order valence-electron chi connectivity index (χ3n) is 3.28. The van der Waals surface area contributed by atoms with Crippen molar-refractivity contribution in [1.82, 2.24) is 4.72 Å². The molecule has 2 aromatic rings. The van der Waals surface area contributed by atoms with Crippen LogP contribution in [0.1, 0.15) is 16.7 Å². The van der Waals surface area contributed by atoms with Gasteiger partial charge in [-0.1, -0.05) is 12.1 Å². The summed E-state index contributed by atoms with van der Waals surface area (Å²) in [5.41, 5.74) is -2.83. The number of hydrogen-bond donors (Lipinski definition) is 1. The molecule has 0 atom stereocenters. The van der Waals surface area contributed by atoms with Crippen LogP contribution in [0.25, 0.3) is 0 Å². The molecule has 0 saturated heterocycles. The van der Waals surface area contributed by atoms with Crippen LogP contribution in [-0.4, -0.2) is 8.42 Å². The lowest BCUT2D eigenvalue weighted by Gasteiger charge is -2.12. The fourth-order valence-corrected chi connectivity index (χ4v) is 3.06. The van der Waals surface area contributed by atoms with E-state index in [-0.39, 0.29) is 5.56 Å². The molecule has 0 aliphatic heterocycles. The third-order valence-corrected chi connectivity index (χ3v) is 4.68. The highest BCUT2D eigenvalue weighted by Crippen LogP contribution is 2.32. The van der Waals surface area contributed by atoms with Crippen molar-refractivity contribution >= 4 is 10.0 Å². The number of alkyl halides is 6. The number of hydrogen-bond acceptors (Lipinski definition) is 2. The Labute approximate surface area is 143 Å². The predicted molar refractivity (Wildman–Crippen MR) is 76.9 cm³/mol. The maximum Gasteiger partial charge on any atom is 0.419 e. The predicted octanol–water partition coefficient (Wildman–Crippen LogP) is 4.34. The quantitative estimate of drug-likeness (QED) is 0.775. The number of halogens is 7. The van der Waals surface area contributed by atoms with Crippen molar-refractivity contribution in [2.24, 2.45) is 0 Å². The van der Waals surface area contributed by atoms with Crippen molar-refractivity contribution in [2.75, 3.05) is 0 Å². The van der Waals surface area contributed by atoms with Crippen molar-refractivity contribution < 1.29 is 39.2 Å². The van der Waals surface area contributed by atoms with Crippen molar-refractivity contribution in [3.05, 3.63) is 65.0 Å². The summed E-state index contributed by atoms with van der Waals surface area (Å²) in [6, 6.07) is 4.72. The first-order valence-electron chi connectivity index (χ1n) is 6.83. The molecule has 0 bridgehead atoms. The zero-order chi connectivity index (χ0) is 19.8. The van der Waals surface area contributed by atoms with Crippen molar-refractivity contribution in [1.29, 1.82) is 0 Å². The molecule has 0 aliphatic rings. The number of nitrogens with one attached hydrogen (secondary N) is 1. The fraction of sp³-hybridized carbons (Fsp3) is 0.200. The number of rotatable bonds is 4. The molecule has 11 heteroatoms. The Kier molecular flexibility index (Phi) is 5.34. The van der Waals surface area contributed by atoms with E-state index < -0.39 is 50.8 Å². The second-order valence-electron chi connectivity index (χ2n) is 5.16. The van der Waals surface area contributed by atoms with Gasteiger partial charge in [-0.3, -0.25) is 0 Å². The second kappa shape index (κ2) is 6.88. The zero-order valence-electron chi connectivity index (χ0n) is 12.6. The molecule has 1 N–H and O–H groups in total. The van der Waals surface area contributed by atoms with Crippen molar-refractivity contribution in [2.45, 2.75) is 23.8 Å². The van der Waals surface area contributed by atoms with Gasteiger partial charge in [0.2, 0.25) is 10.0 Å². The van der Waals surface area contributed by atoms with Crippen LogP contribution in [-0.2, 0) is 28.9 Å². The summed E-state index contributed by atoms with van der Waals surface area (Å²) in [7, 11) is -4.39. The largest absolute Gasteiger partial charge is 0.419 e. The maximum atomic E-state index is 13.5. The van der Waals surface area contributed by atoms with Crippen LogP contribution in [0, 0.1) is 5.82 Å². The van der Waals surface area contributed by atoms with Gasteiger partial charge in [-0.25, -0.2) is 17.5 Å². The Hall–Kier alpha value is -2.14. The molecular formula is C15H10F7NO2S.